The van der Waals surface area contributed by atoms with Crippen molar-refractivity contribution >= 4 is 55.4 Å². The van der Waals surface area contributed by atoms with Gasteiger partial charge in [-0.2, -0.15) is 0 Å². The molecule has 9 heteroatoms. The Hall–Kier alpha value is -4.73. The van der Waals surface area contributed by atoms with Gasteiger partial charge < -0.3 is 28.8 Å². The number of aromatic nitrogens is 3. The number of hydrogen-bond donors (Lipinski definition) is 1. The summed E-state index contributed by atoms with van der Waals surface area (Å²) in [5.74, 6) is -0.175. The molecule has 0 radical (unpaired) electrons. The maximum atomic E-state index is 13.8. The second kappa shape index (κ2) is 8.43. The van der Waals surface area contributed by atoms with Gasteiger partial charge in [0.25, 0.3) is 11.8 Å². The summed E-state index contributed by atoms with van der Waals surface area (Å²) in [6, 6.07) is 19.8. The van der Waals surface area contributed by atoms with Gasteiger partial charge in [0.05, 0.1) is 39.2 Å². The molecule has 0 unspecified atom stereocenters. The molecule has 2 amide bonds. The Morgan fingerprint density at radius 3 is 2.53 bits per heavy atom. The quantitative estimate of drug-likeness (QED) is 0.311. The van der Waals surface area contributed by atoms with Crippen LogP contribution in [-0.2, 0) is 21.7 Å². The summed E-state index contributed by atoms with van der Waals surface area (Å²) in [6.45, 7) is 2.54. The predicted octanol–water partition coefficient (Wildman–Crippen LogP) is 5.30. The lowest BCUT2D eigenvalue weighted by Gasteiger charge is -2.50. The number of pyridine rings is 1. The highest BCUT2D eigenvalue weighted by Crippen LogP contribution is 2.54. The number of nitrogens with one attached hydrogen (secondary N) is 1. The Morgan fingerprint density at radius 2 is 1.79 bits per heavy atom. The lowest BCUT2D eigenvalue weighted by molar-refractivity contribution is -0.264. The number of nitrogens with zero attached hydrogens (tertiary/aromatic N) is 4. The van der Waals surface area contributed by atoms with E-state index in [2.05, 4.69) is 50.6 Å². The van der Waals surface area contributed by atoms with Crippen molar-refractivity contribution in [1.82, 2.24) is 24.3 Å². The molecule has 0 spiro atoms. The van der Waals surface area contributed by atoms with Gasteiger partial charge in [0.15, 0.2) is 5.72 Å². The van der Waals surface area contributed by atoms with E-state index in [9.17, 15) is 9.59 Å². The molecule has 6 aromatic rings. The lowest BCUT2D eigenvalue weighted by atomic mass is 9.91. The van der Waals surface area contributed by atoms with Crippen LogP contribution in [0.25, 0.3) is 43.6 Å². The number of likely N-dealkylation sites (N-methyl/N-ethyl adjacent to an activating group) is 1. The number of rotatable bonds is 3. The summed E-state index contributed by atoms with van der Waals surface area (Å²) in [5.41, 5.74) is 5.28. The third-order valence-corrected chi connectivity index (χ3v) is 9.92. The van der Waals surface area contributed by atoms with Gasteiger partial charge in [-0.1, -0.05) is 36.4 Å². The zero-order valence-corrected chi connectivity index (χ0v) is 24.0. The summed E-state index contributed by atoms with van der Waals surface area (Å²) < 4.78 is 18.1. The first-order valence-corrected chi connectivity index (χ1v) is 14.6. The summed E-state index contributed by atoms with van der Waals surface area (Å²) >= 11 is 0. The second-order valence-electron chi connectivity index (χ2n) is 12.0. The standard InChI is InChI=1S/C34H29N5O4/c1-34-31(42-3)24(37(2)33(41)18-9-8-14-35-16-18)15-25(43-34)38-22-12-6-4-10-19(22)27-28-21(17-36-32(28)40)26-20-11-5-7-13-23(20)39(34)30(26)29(27)38/h4-14,16,24-25,31H,15,17H2,1-3H3,(H,36,40)/t24-,25-,31-,34+/m0/s1. The molecule has 214 valence electrons. The number of para-hydroxylation sites is 2. The highest BCUT2D eigenvalue weighted by atomic mass is 16.6. The minimum atomic E-state index is -0.996. The Kier molecular flexibility index (Phi) is 4.87. The van der Waals surface area contributed by atoms with Crippen LogP contribution >= 0.6 is 0 Å². The number of ether oxygens (including phenoxy) is 2. The molecule has 1 saturated heterocycles. The van der Waals surface area contributed by atoms with E-state index in [1.165, 1.54) is 0 Å². The monoisotopic (exact) mass is 571 g/mol. The van der Waals surface area contributed by atoms with Crippen LogP contribution in [0.2, 0.25) is 0 Å². The summed E-state index contributed by atoms with van der Waals surface area (Å²) in [4.78, 5) is 33.3. The third kappa shape index (κ3) is 2.95. The van der Waals surface area contributed by atoms with Gasteiger partial charge in [0, 0.05) is 61.1 Å². The van der Waals surface area contributed by atoms with E-state index >= 15 is 0 Å². The highest BCUT2D eigenvalue weighted by Gasteiger charge is 2.55. The number of benzene rings is 3. The smallest absolute Gasteiger partial charge is 0.255 e. The Bertz CT molecular complexity index is 2180. The molecule has 6 heterocycles. The Morgan fingerprint density at radius 1 is 1.05 bits per heavy atom. The molecule has 43 heavy (non-hydrogen) atoms. The zero-order chi connectivity index (χ0) is 29.2. The Labute approximate surface area is 246 Å². The fourth-order valence-corrected chi connectivity index (χ4v) is 8.24. The molecule has 1 N–H and O–H groups in total. The van der Waals surface area contributed by atoms with Gasteiger partial charge >= 0.3 is 0 Å². The third-order valence-electron chi connectivity index (χ3n) is 9.92. The molecule has 3 aliphatic heterocycles. The lowest BCUT2D eigenvalue weighted by Crippen LogP contribution is -2.61. The average molecular weight is 572 g/mol. The van der Waals surface area contributed by atoms with Gasteiger partial charge in [-0.3, -0.25) is 14.6 Å². The molecule has 0 aliphatic carbocycles. The van der Waals surface area contributed by atoms with Gasteiger partial charge in [-0.15, -0.1) is 0 Å². The number of methoxy groups -OCH3 is 1. The van der Waals surface area contributed by atoms with Crippen molar-refractivity contribution in [3.63, 3.8) is 0 Å². The van der Waals surface area contributed by atoms with E-state index in [0.29, 0.717) is 18.5 Å². The first-order valence-electron chi connectivity index (χ1n) is 14.6. The number of carbonyl (C=O) groups is 2. The summed E-state index contributed by atoms with van der Waals surface area (Å²) in [6.07, 6.45) is 2.82. The Balaban J connectivity index is 1.43. The molecular weight excluding hydrogens is 542 g/mol. The number of amides is 2. The van der Waals surface area contributed by atoms with Crippen molar-refractivity contribution in [3.05, 3.63) is 89.7 Å². The molecule has 1 fully saturated rings. The van der Waals surface area contributed by atoms with Gasteiger partial charge in [-0.25, -0.2) is 0 Å². The fraction of sp³-hybridized carbons (Fsp3) is 0.265. The average Bonchev–Trinajstić information content (AvgIpc) is 3.68. The van der Waals surface area contributed by atoms with Crippen LogP contribution in [0.1, 0.15) is 45.9 Å². The maximum absolute atomic E-state index is 13.8. The van der Waals surface area contributed by atoms with Crippen LogP contribution in [0.5, 0.6) is 0 Å². The molecule has 9 nitrogen and oxygen atoms in total. The molecule has 3 aromatic heterocycles. The van der Waals surface area contributed by atoms with Crippen molar-refractivity contribution in [2.45, 2.75) is 44.0 Å². The van der Waals surface area contributed by atoms with E-state index in [1.54, 1.807) is 36.5 Å². The highest BCUT2D eigenvalue weighted by molar-refractivity contribution is 6.31. The van der Waals surface area contributed by atoms with E-state index in [1.807, 2.05) is 31.3 Å². The molecule has 2 bridgehead atoms. The largest absolute Gasteiger partial charge is 0.374 e. The molecule has 3 aromatic carbocycles. The van der Waals surface area contributed by atoms with Crippen LogP contribution in [0.4, 0.5) is 0 Å². The second-order valence-corrected chi connectivity index (χ2v) is 12.0. The van der Waals surface area contributed by atoms with E-state index in [4.69, 9.17) is 9.47 Å². The van der Waals surface area contributed by atoms with Crippen molar-refractivity contribution in [2.75, 3.05) is 14.2 Å². The van der Waals surface area contributed by atoms with Crippen LogP contribution in [-0.4, -0.2) is 57.1 Å². The van der Waals surface area contributed by atoms with Gasteiger partial charge in [0.2, 0.25) is 0 Å². The maximum Gasteiger partial charge on any atom is 0.255 e. The van der Waals surface area contributed by atoms with Crippen molar-refractivity contribution in [3.8, 4) is 0 Å². The number of carbonyl (C=O) groups excluding carboxylic acids is 2. The normalized spacial score (nSPS) is 24.2. The summed E-state index contributed by atoms with van der Waals surface area (Å²) in [7, 11) is 3.53. The van der Waals surface area contributed by atoms with Crippen LogP contribution < -0.4 is 5.32 Å². The van der Waals surface area contributed by atoms with Crippen LogP contribution in [0, 0.1) is 0 Å². The van der Waals surface area contributed by atoms with E-state index < -0.39 is 18.1 Å². The van der Waals surface area contributed by atoms with Crippen molar-refractivity contribution in [1.29, 1.82) is 0 Å². The number of hydrogen-bond acceptors (Lipinski definition) is 5. The molecule has 9 rings (SSSR count). The predicted molar refractivity (Wildman–Crippen MR) is 163 cm³/mol. The molecule has 0 saturated carbocycles. The molecule has 4 atom stereocenters. The minimum Gasteiger partial charge on any atom is -0.374 e. The van der Waals surface area contributed by atoms with Gasteiger partial charge in [0.1, 0.15) is 12.3 Å². The zero-order valence-electron chi connectivity index (χ0n) is 24.0. The van der Waals surface area contributed by atoms with E-state index in [-0.39, 0.29) is 17.9 Å². The topological polar surface area (TPSA) is 90.6 Å². The van der Waals surface area contributed by atoms with Crippen LogP contribution in [0.3, 0.4) is 0 Å². The molecular formula is C34H29N5O4. The van der Waals surface area contributed by atoms with E-state index in [0.717, 1.165) is 54.7 Å². The first kappa shape index (κ1) is 24.8. The summed E-state index contributed by atoms with van der Waals surface area (Å²) in [5, 5.41) is 7.20. The first-order chi connectivity index (χ1) is 20.9. The number of fused-ring (bicyclic) bond motifs is 13. The SMILES string of the molecule is CO[C@H]1[C@@H](N(C)C(=O)c2cccnc2)C[C@@H]2O[C@@]1(C)n1c3ccccc3c3c4c(c5c6ccccc6n2c5c31)C(=O)NC4. The van der Waals surface area contributed by atoms with Crippen LogP contribution in [0.15, 0.2) is 73.1 Å². The van der Waals surface area contributed by atoms with Gasteiger partial charge in [-0.05, 0) is 36.8 Å². The molecule has 3 aliphatic rings. The van der Waals surface area contributed by atoms with Crippen molar-refractivity contribution < 1.29 is 19.1 Å². The fourth-order valence-electron chi connectivity index (χ4n) is 8.24. The minimum absolute atomic E-state index is 0.0505. The van der Waals surface area contributed by atoms with Crippen molar-refractivity contribution in [2.24, 2.45) is 0 Å².